The van der Waals surface area contributed by atoms with Crippen LogP contribution in [0.15, 0.2) is 72.9 Å². The number of anilines is 2. The number of carbonyl (C=O) groups is 1. The summed E-state index contributed by atoms with van der Waals surface area (Å²) in [6, 6.07) is 7.95. The molecule has 0 spiro atoms. The number of aliphatic imine (C=N–C) groups is 1. The monoisotopic (exact) mass is 540 g/mol. The van der Waals surface area contributed by atoms with Crippen molar-refractivity contribution in [1.29, 1.82) is 0 Å². The number of nitrogens with zero attached hydrogens (tertiary/aromatic N) is 5. The summed E-state index contributed by atoms with van der Waals surface area (Å²) in [6.45, 7) is 4.86. The molecule has 1 amide bonds. The van der Waals surface area contributed by atoms with E-state index < -0.39 is 5.82 Å². The smallest absolute Gasteiger partial charge is 0.245 e. The van der Waals surface area contributed by atoms with E-state index in [9.17, 15) is 4.79 Å². The number of fused-ring (bicyclic) bond motifs is 1. The van der Waals surface area contributed by atoms with Crippen LogP contribution >= 0.6 is 0 Å². The third-order valence-corrected chi connectivity index (χ3v) is 6.83. The first-order valence-corrected chi connectivity index (χ1v) is 12.8. The number of hydrogen-bond acceptors (Lipinski definition) is 8. The highest BCUT2D eigenvalue weighted by Gasteiger charge is 2.26. The minimum Gasteiger partial charge on any atom is -0.457 e. The summed E-state index contributed by atoms with van der Waals surface area (Å²) in [7, 11) is 1.64. The van der Waals surface area contributed by atoms with E-state index in [1.807, 2.05) is 6.20 Å². The van der Waals surface area contributed by atoms with Gasteiger partial charge in [0.05, 0.1) is 16.8 Å². The molecule has 1 saturated heterocycles. The van der Waals surface area contributed by atoms with E-state index in [2.05, 4.69) is 36.8 Å². The zero-order valence-electron chi connectivity index (χ0n) is 22.0. The van der Waals surface area contributed by atoms with E-state index in [4.69, 9.17) is 10.5 Å². The predicted molar refractivity (Wildman–Crippen MR) is 153 cm³/mol. The van der Waals surface area contributed by atoms with E-state index in [0.717, 1.165) is 23.8 Å². The largest absolute Gasteiger partial charge is 0.457 e. The van der Waals surface area contributed by atoms with Crippen molar-refractivity contribution in [1.82, 2.24) is 24.8 Å². The highest BCUT2D eigenvalue weighted by molar-refractivity contribution is 6.08. The van der Waals surface area contributed by atoms with Gasteiger partial charge in [0.2, 0.25) is 5.91 Å². The van der Waals surface area contributed by atoms with Crippen molar-refractivity contribution in [2.24, 2.45) is 10.7 Å². The summed E-state index contributed by atoms with van der Waals surface area (Å²) < 4.78 is 21.1. The number of nitrogens with two attached hydrogens (primary N) is 1. The van der Waals surface area contributed by atoms with Gasteiger partial charge in [0.1, 0.15) is 35.1 Å². The van der Waals surface area contributed by atoms with Crippen LogP contribution in [0.1, 0.15) is 30.0 Å². The maximum Gasteiger partial charge on any atom is 0.245 e. The summed E-state index contributed by atoms with van der Waals surface area (Å²) in [6.07, 6.45) is 10.9. The zero-order chi connectivity index (χ0) is 28.1. The molecule has 4 aromatic rings. The second-order valence-electron chi connectivity index (χ2n) is 9.25. The molecule has 0 unspecified atom stereocenters. The van der Waals surface area contributed by atoms with Crippen LogP contribution in [-0.2, 0) is 4.79 Å². The fourth-order valence-corrected chi connectivity index (χ4v) is 4.83. The van der Waals surface area contributed by atoms with Crippen LogP contribution in [0.5, 0.6) is 11.5 Å². The number of nitrogens with one attached hydrogen (secondary N) is 2. The van der Waals surface area contributed by atoms with Gasteiger partial charge >= 0.3 is 0 Å². The molecule has 11 heteroatoms. The average Bonchev–Trinajstić information content (AvgIpc) is 3.42. The first kappa shape index (κ1) is 26.5. The maximum atomic E-state index is 15.2. The highest BCUT2D eigenvalue weighted by Crippen LogP contribution is 2.37. The molecule has 0 bridgehead atoms. The van der Waals surface area contributed by atoms with Gasteiger partial charge in [0, 0.05) is 62.7 Å². The Kier molecular flexibility index (Phi) is 7.81. The SMILES string of the molecule is C=CC(=O)N1CCC(c2c[nH]c3ncnc(Nc4ccc(Oc5ccnc(C(C=NC)=CN)c5)cc4F)c23)CC1. The molecule has 10 nitrogen and oxygen atoms in total. The molecule has 0 aliphatic carbocycles. The molecule has 3 aromatic heterocycles. The van der Waals surface area contributed by atoms with Gasteiger partial charge in [-0.3, -0.25) is 14.8 Å². The summed E-state index contributed by atoms with van der Waals surface area (Å²) in [5.41, 5.74) is 8.83. The Labute approximate surface area is 230 Å². The molecule has 0 radical (unpaired) electrons. The van der Waals surface area contributed by atoms with Crippen molar-refractivity contribution in [2.45, 2.75) is 18.8 Å². The van der Waals surface area contributed by atoms with Crippen molar-refractivity contribution >= 4 is 40.2 Å². The Morgan fingerprint density at radius 2 is 2.02 bits per heavy atom. The van der Waals surface area contributed by atoms with Gasteiger partial charge in [0.15, 0.2) is 0 Å². The Hall–Kier alpha value is -5.06. The lowest BCUT2D eigenvalue weighted by molar-refractivity contribution is -0.127. The second-order valence-corrected chi connectivity index (χ2v) is 9.25. The summed E-state index contributed by atoms with van der Waals surface area (Å²) in [4.78, 5) is 34.0. The Balaban J connectivity index is 1.35. The van der Waals surface area contributed by atoms with Crippen LogP contribution in [0.25, 0.3) is 16.6 Å². The van der Waals surface area contributed by atoms with Gasteiger partial charge < -0.3 is 25.7 Å². The molecule has 40 heavy (non-hydrogen) atoms. The van der Waals surface area contributed by atoms with Crippen LogP contribution in [0.2, 0.25) is 0 Å². The number of amides is 1. The average molecular weight is 541 g/mol. The lowest BCUT2D eigenvalue weighted by Gasteiger charge is -2.31. The summed E-state index contributed by atoms with van der Waals surface area (Å²) in [5.74, 6) is 0.933. The van der Waals surface area contributed by atoms with Crippen molar-refractivity contribution in [2.75, 3.05) is 25.5 Å². The third-order valence-electron chi connectivity index (χ3n) is 6.83. The zero-order valence-corrected chi connectivity index (χ0v) is 22.0. The number of H-pyrrole nitrogens is 1. The van der Waals surface area contributed by atoms with Crippen molar-refractivity contribution in [3.8, 4) is 11.5 Å². The molecule has 1 aromatic carbocycles. The van der Waals surface area contributed by atoms with Gasteiger partial charge in [-0.05, 0) is 48.6 Å². The van der Waals surface area contributed by atoms with E-state index in [1.165, 1.54) is 24.7 Å². The number of carbonyl (C=O) groups excluding carboxylic acids is 1. The van der Waals surface area contributed by atoms with E-state index in [-0.39, 0.29) is 17.5 Å². The highest BCUT2D eigenvalue weighted by atomic mass is 19.1. The van der Waals surface area contributed by atoms with Gasteiger partial charge in [0.25, 0.3) is 0 Å². The number of ether oxygens (including phenoxy) is 1. The molecule has 4 N–H and O–H groups in total. The lowest BCUT2D eigenvalue weighted by Crippen LogP contribution is -2.36. The molecule has 1 aliphatic heterocycles. The van der Waals surface area contributed by atoms with Crippen LogP contribution in [-0.4, -0.2) is 57.1 Å². The molecule has 1 aliphatic rings. The van der Waals surface area contributed by atoms with E-state index in [0.29, 0.717) is 47.3 Å². The number of pyridine rings is 1. The molecule has 204 valence electrons. The molecule has 0 atom stereocenters. The van der Waals surface area contributed by atoms with E-state index in [1.54, 1.807) is 48.6 Å². The minimum absolute atomic E-state index is 0.0570. The number of aromatic nitrogens is 4. The predicted octanol–water partition coefficient (Wildman–Crippen LogP) is 4.92. The van der Waals surface area contributed by atoms with Gasteiger partial charge in [-0.2, -0.15) is 0 Å². The number of hydrogen-bond donors (Lipinski definition) is 3. The topological polar surface area (TPSA) is 134 Å². The second kappa shape index (κ2) is 11.8. The van der Waals surface area contributed by atoms with Crippen LogP contribution in [0, 0.1) is 5.82 Å². The van der Waals surface area contributed by atoms with Crippen molar-refractivity contribution in [3.05, 3.63) is 85.0 Å². The number of rotatable bonds is 8. The fourth-order valence-electron chi connectivity index (χ4n) is 4.83. The van der Waals surface area contributed by atoms with Gasteiger partial charge in [-0.25, -0.2) is 14.4 Å². The maximum absolute atomic E-state index is 15.2. The fraction of sp³-hybridized carbons (Fsp3) is 0.207. The molecule has 1 fully saturated rings. The number of aromatic amines is 1. The van der Waals surface area contributed by atoms with Gasteiger partial charge in [-0.1, -0.05) is 6.58 Å². The van der Waals surface area contributed by atoms with Crippen LogP contribution in [0.3, 0.4) is 0 Å². The molecular formula is C29H29FN8O2. The Bertz CT molecular complexity index is 1600. The van der Waals surface area contributed by atoms with E-state index >= 15 is 4.39 Å². The number of likely N-dealkylation sites (tertiary alicyclic amines) is 1. The quantitative estimate of drug-likeness (QED) is 0.213. The number of allylic oxidation sites excluding steroid dienone is 1. The first-order valence-electron chi connectivity index (χ1n) is 12.8. The van der Waals surface area contributed by atoms with Crippen molar-refractivity contribution < 1.29 is 13.9 Å². The normalized spacial score (nSPS) is 14.6. The number of halogens is 1. The molecular weight excluding hydrogens is 511 g/mol. The van der Waals surface area contributed by atoms with Crippen LogP contribution < -0.4 is 15.8 Å². The minimum atomic E-state index is -0.507. The lowest BCUT2D eigenvalue weighted by atomic mass is 9.89. The molecule has 0 saturated carbocycles. The Morgan fingerprint density at radius 3 is 2.75 bits per heavy atom. The number of benzene rings is 1. The molecule has 4 heterocycles. The first-order chi connectivity index (χ1) is 19.5. The Morgan fingerprint density at radius 1 is 1.23 bits per heavy atom. The molecule has 5 rings (SSSR count). The third kappa shape index (κ3) is 5.53. The summed E-state index contributed by atoms with van der Waals surface area (Å²) >= 11 is 0. The van der Waals surface area contributed by atoms with Gasteiger partial charge in [-0.15, -0.1) is 0 Å². The standard InChI is InChI=1S/C29H29FN8O2/c1-3-26(39)38-10-7-18(8-11-38)22-16-34-28-27(22)29(36-17-35-28)37-24-5-4-20(12-23(24)30)40-21-6-9-33-25(13-21)19(14-31)15-32-2/h3-6,9,12-18H,1,7-8,10-11,31H2,2H3,(H2,34,35,36,37). The number of piperidine rings is 1. The van der Waals surface area contributed by atoms with Crippen molar-refractivity contribution in [3.63, 3.8) is 0 Å². The summed E-state index contributed by atoms with van der Waals surface area (Å²) in [5, 5.41) is 3.93. The van der Waals surface area contributed by atoms with Crippen LogP contribution in [0.4, 0.5) is 15.9 Å².